The van der Waals surface area contributed by atoms with E-state index in [2.05, 4.69) is 74.5 Å². The summed E-state index contributed by atoms with van der Waals surface area (Å²) < 4.78 is 44.0. The van der Waals surface area contributed by atoms with Crippen LogP contribution in [0.2, 0.25) is 56.5 Å². The van der Waals surface area contributed by atoms with Gasteiger partial charge in [0, 0.05) is 74.5 Å². The lowest BCUT2D eigenvalue weighted by Crippen LogP contribution is -2.22. The van der Waals surface area contributed by atoms with Crippen molar-refractivity contribution in [2.75, 3.05) is 18.5 Å². The molecule has 0 amide bonds. The highest BCUT2D eigenvalue weighted by molar-refractivity contribution is 14.1. The van der Waals surface area contributed by atoms with Gasteiger partial charge in [0.1, 0.15) is 36.3 Å². The van der Waals surface area contributed by atoms with Gasteiger partial charge in [0.2, 0.25) is 0 Å². The van der Waals surface area contributed by atoms with Gasteiger partial charge in [-0.3, -0.25) is 9.13 Å². The molecule has 0 aliphatic carbocycles. The van der Waals surface area contributed by atoms with E-state index >= 15 is 0 Å². The summed E-state index contributed by atoms with van der Waals surface area (Å²) in [6.07, 6.45) is 3.28. The van der Waals surface area contributed by atoms with Crippen molar-refractivity contribution >= 4 is 107 Å². The van der Waals surface area contributed by atoms with Gasteiger partial charge >= 0.3 is 0 Å². The van der Waals surface area contributed by atoms with Crippen LogP contribution in [0.5, 0.6) is 0 Å². The maximum absolute atomic E-state index is 14.0. The second-order valence-electron chi connectivity index (χ2n) is 12.8. The normalized spacial score (nSPS) is 12.1. The van der Waals surface area contributed by atoms with E-state index in [4.69, 9.17) is 21.1 Å². The topological polar surface area (TPSA) is 118 Å². The number of fused-ring (bicyclic) bond motifs is 2. The predicted octanol–water partition coefficient (Wildman–Crippen LogP) is 8.16. The third kappa shape index (κ3) is 10.5. The fraction of sp³-hybridized carbons (Fsp3) is 0.429. The summed E-state index contributed by atoms with van der Waals surface area (Å²) in [5.41, 5.74) is 2.04. The molecule has 18 heteroatoms. The Morgan fingerprint density at radius 1 is 0.761 bits per heavy atom. The van der Waals surface area contributed by atoms with Gasteiger partial charge in [-0.25, -0.2) is 38.7 Å². The standard InChI is InChI=1S/C17H20F2IN5OSi.C11H16ClIN4OSi/c1-27(2,3)8-7-26-10-25-9-21-14-15(23-17(20)24-16(14)25)22-13-11(18)5-4-6-12(13)19;1-19(2,3)5-4-18-7-17-6-14-8-9(12)15-11(13)16-10(8)17/h4-6,9H,7-8,10H2,1-3H3,(H,22,23,24);6H,4-5,7H2,1-3H3. The summed E-state index contributed by atoms with van der Waals surface area (Å²) >= 11 is 10.0. The van der Waals surface area contributed by atoms with Crippen LogP contribution in [0.25, 0.3) is 22.3 Å². The molecular weight excluding hydrogens is 878 g/mol. The number of nitrogens with one attached hydrogen (secondary N) is 1. The average Bonchev–Trinajstić information content (AvgIpc) is 3.54. The minimum atomic E-state index is -1.16. The lowest BCUT2D eigenvalue weighted by atomic mass is 10.3. The van der Waals surface area contributed by atoms with Crippen molar-refractivity contribution in [1.29, 1.82) is 0 Å². The van der Waals surface area contributed by atoms with Crippen molar-refractivity contribution in [3.63, 3.8) is 0 Å². The van der Waals surface area contributed by atoms with Gasteiger partial charge in [-0.2, -0.15) is 0 Å². The monoisotopic (exact) mass is 913 g/mol. The molecule has 11 nitrogen and oxygen atoms in total. The van der Waals surface area contributed by atoms with Gasteiger partial charge in [-0.1, -0.05) is 56.9 Å². The van der Waals surface area contributed by atoms with Gasteiger partial charge in [-0.05, 0) is 24.2 Å². The highest BCUT2D eigenvalue weighted by atomic mass is 127. The van der Waals surface area contributed by atoms with Crippen LogP contribution in [0, 0.1) is 19.3 Å². The molecule has 0 radical (unpaired) electrons. The van der Waals surface area contributed by atoms with E-state index in [1.807, 2.05) is 49.7 Å². The first-order valence-corrected chi connectivity index (χ1v) is 24.3. The van der Waals surface area contributed by atoms with E-state index in [1.54, 1.807) is 17.2 Å². The van der Waals surface area contributed by atoms with Crippen LogP contribution in [0.4, 0.5) is 20.3 Å². The number of halogens is 5. The van der Waals surface area contributed by atoms with Gasteiger partial charge in [0.15, 0.2) is 35.4 Å². The van der Waals surface area contributed by atoms with Gasteiger partial charge in [0.25, 0.3) is 0 Å². The number of rotatable bonds is 12. The second-order valence-corrected chi connectivity index (χ2v) is 26.3. The largest absolute Gasteiger partial charge is 0.361 e. The van der Waals surface area contributed by atoms with Crippen LogP contribution >= 0.6 is 56.8 Å². The second kappa shape index (κ2) is 16.0. The highest BCUT2D eigenvalue weighted by Crippen LogP contribution is 2.27. The zero-order chi connectivity index (χ0) is 33.6. The predicted molar refractivity (Wildman–Crippen MR) is 199 cm³/mol. The molecule has 0 aliphatic heterocycles. The van der Waals surface area contributed by atoms with Gasteiger partial charge in [0.05, 0.1) is 12.7 Å². The molecule has 248 valence electrons. The summed E-state index contributed by atoms with van der Waals surface area (Å²) in [7, 11) is -2.21. The molecule has 0 spiro atoms. The number of nitrogens with zero attached hydrogens (tertiary/aromatic N) is 8. The molecule has 1 N–H and O–H groups in total. The van der Waals surface area contributed by atoms with Crippen LogP contribution in [0.1, 0.15) is 0 Å². The summed E-state index contributed by atoms with van der Waals surface area (Å²) in [4.78, 5) is 25.6. The molecule has 0 bridgehead atoms. The van der Waals surface area contributed by atoms with E-state index < -0.39 is 27.8 Å². The molecule has 46 heavy (non-hydrogen) atoms. The Morgan fingerprint density at radius 3 is 1.76 bits per heavy atom. The first kappa shape index (κ1) is 36.9. The summed E-state index contributed by atoms with van der Waals surface area (Å²) in [5, 5.41) is 3.09. The third-order valence-electron chi connectivity index (χ3n) is 6.49. The number of anilines is 2. The van der Waals surface area contributed by atoms with Gasteiger partial charge in [-0.15, -0.1) is 0 Å². The van der Waals surface area contributed by atoms with Crippen molar-refractivity contribution in [2.24, 2.45) is 0 Å². The third-order valence-corrected chi connectivity index (χ3v) is 11.1. The van der Waals surface area contributed by atoms with E-state index in [-0.39, 0.29) is 11.5 Å². The number of benzene rings is 1. The van der Waals surface area contributed by atoms with Crippen LogP contribution in [-0.4, -0.2) is 68.4 Å². The lowest BCUT2D eigenvalue weighted by Gasteiger charge is -2.15. The highest BCUT2D eigenvalue weighted by Gasteiger charge is 2.18. The Kier molecular flexibility index (Phi) is 12.8. The number of ether oxygens (including phenoxy) is 2. The van der Waals surface area contributed by atoms with E-state index in [9.17, 15) is 8.78 Å². The first-order chi connectivity index (χ1) is 21.6. The van der Waals surface area contributed by atoms with Crippen LogP contribution in [-0.2, 0) is 22.9 Å². The van der Waals surface area contributed by atoms with Crippen LogP contribution in [0.3, 0.4) is 0 Å². The molecule has 0 atom stereocenters. The Balaban J connectivity index is 0.000000222. The quantitative estimate of drug-likeness (QED) is 0.0435. The Bertz CT molecular complexity index is 1780. The number of hydrogen-bond donors (Lipinski definition) is 1. The molecule has 0 aliphatic rings. The Labute approximate surface area is 300 Å². The summed E-state index contributed by atoms with van der Waals surface area (Å²) in [6, 6.07) is 5.87. The SMILES string of the molecule is C[Si](C)(C)CCOCn1cnc2c(Cl)nc(I)nc21.C[Si](C)(C)CCOCn1cnc2c(Nc3c(F)cccc3F)nc(I)nc21. The van der Waals surface area contributed by atoms with Crippen molar-refractivity contribution in [1.82, 2.24) is 39.0 Å². The zero-order valence-corrected chi connectivity index (χ0v) is 33.5. The van der Waals surface area contributed by atoms with E-state index in [1.165, 1.54) is 18.2 Å². The van der Waals surface area contributed by atoms with Crippen molar-refractivity contribution in [3.05, 3.63) is 55.3 Å². The molecule has 4 aromatic heterocycles. The van der Waals surface area contributed by atoms with Crippen molar-refractivity contribution in [2.45, 2.75) is 64.8 Å². The fourth-order valence-corrected chi connectivity index (χ4v) is 6.71. The summed E-state index contributed by atoms with van der Waals surface area (Å²) in [6.45, 7) is 16.1. The lowest BCUT2D eigenvalue weighted by molar-refractivity contribution is 0.0893. The Hall–Kier alpha value is -1.92. The van der Waals surface area contributed by atoms with Crippen LogP contribution < -0.4 is 5.32 Å². The summed E-state index contributed by atoms with van der Waals surface area (Å²) in [5.74, 6) is -1.16. The molecule has 0 saturated carbocycles. The number of para-hydroxylation sites is 1. The molecule has 0 saturated heterocycles. The average molecular weight is 914 g/mol. The van der Waals surface area contributed by atoms with Crippen molar-refractivity contribution in [3.8, 4) is 0 Å². The molecule has 0 unspecified atom stereocenters. The zero-order valence-electron chi connectivity index (χ0n) is 26.4. The van der Waals surface area contributed by atoms with Crippen molar-refractivity contribution < 1.29 is 18.3 Å². The number of aromatic nitrogens is 8. The minimum Gasteiger partial charge on any atom is -0.361 e. The minimum absolute atomic E-state index is 0.245. The van der Waals surface area contributed by atoms with E-state index in [0.29, 0.717) is 49.6 Å². The maximum atomic E-state index is 14.0. The first-order valence-electron chi connectivity index (χ1n) is 14.4. The number of imidazole rings is 2. The molecule has 5 rings (SSSR count). The smallest absolute Gasteiger partial charge is 0.194 e. The molecule has 4 heterocycles. The van der Waals surface area contributed by atoms with Crippen LogP contribution in [0.15, 0.2) is 30.9 Å². The fourth-order valence-electron chi connectivity index (χ4n) is 3.90. The van der Waals surface area contributed by atoms with Gasteiger partial charge < -0.3 is 14.8 Å². The molecule has 5 aromatic rings. The van der Waals surface area contributed by atoms with E-state index in [0.717, 1.165) is 24.3 Å². The molecule has 0 fully saturated rings. The maximum Gasteiger partial charge on any atom is 0.194 e. The molecule has 1 aromatic carbocycles. The Morgan fingerprint density at radius 2 is 1.24 bits per heavy atom. The number of hydrogen-bond acceptors (Lipinski definition) is 9. The molecular formula is C28H36ClF2I2N9O2Si2.